The second kappa shape index (κ2) is 6.70. The van der Waals surface area contributed by atoms with Gasteiger partial charge in [0.1, 0.15) is 0 Å². The Morgan fingerprint density at radius 2 is 1.90 bits per heavy atom. The molecule has 1 aromatic rings. The van der Waals surface area contributed by atoms with Crippen LogP contribution in [0.15, 0.2) is 29.2 Å². The molecule has 1 aliphatic rings. The first-order valence-corrected chi connectivity index (χ1v) is 8.75. The van der Waals surface area contributed by atoms with Gasteiger partial charge >= 0.3 is 0 Å². The first-order valence-electron chi connectivity index (χ1n) is 7.31. The van der Waals surface area contributed by atoms with Gasteiger partial charge in [-0.3, -0.25) is 0 Å². The van der Waals surface area contributed by atoms with Crippen LogP contribution < -0.4 is 0 Å². The van der Waals surface area contributed by atoms with Crippen LogP contribution >= 0.6 is 0 Å². The number of benzene rings is 1. The summed E-state index contributed by atoms with van der Waals surface area (Å²) in [6.45, 7) is 2.15. The Morgan fingerprint density at radius 1 is 1.25 bits per heavy atom. The highest BCUT2D eigenvalue weighted by Crippen LogP contribution is 2.29. The lowest BCUT2D eigenvalue weighted by Crippen LogP contribution is -2.45. The number of sulfonamides is 1. The molecule has 0 radical (unpaired) electrons. The van der Waals surface area contributed by atoms with Crippen molar-refractivity contribution >= 4 is 10.0 Å². The maximum Gasteiger partial charge on any atom is 0.243 e. The number of hydrogen-bond acceptors (Lipinski definition) is 3. The van der Waals surface area contributed by atoms with E-state index in [-0.39, 0.29) is 19.2 Å². The number of aliphatic hydroxyl groups is 1. The minimum atomic E-state index is -3.48. The second-order valence-corrected chi connectivity index (χ2v) is 7.21. The van der Waals surface area contributed by atoms with Crippen LogP contribution in [0.25, 0.3) is 0 Å². The molecule has 1 N–H and O–H groups in total. The predicted molar refractivity (Wildman–Crippen MR) is 79.1 cm³/mol. The van der Waals surface area contributed by atoms with E-state index in [9.17, 15) is 8.42 Å². The smallest absolute Gasteiger partial charge is 0.243 e. The molecule has 0 atom stereocenters. The summed E-state index contributed by atoms with van der Waals surface area (Å²) < 4.78 is 26.7. The van der Waals surface area contributed by atoms with Crippen molar-refractivity contribution < 1.29 is 13.5 Å². The fourth-order valence-corrected chi connectivity index (χ4v) is 4.20. The van der Waals surface area contributed by atoms with Gasteiger partial charge in [-0.05, 0) is 37.0 Å². The standard InChI is InChI=1S/C15H23NO3S/c1-2-4-13-7-9-15(10-8-13)20(18,19)16(11-12-17)14-5-3-6-14/h7-10,14,17H,2-6,11-12H2,1H3. The monoisotopic (exact) mass is 297 g/mol. The molecule has 0 amide bonds. The molecular formula is C15H23NO3S. The molecule has 0 saturated heterocycles. The summed E-state index contributed by atoms with van der Waals surface area (Å²) in [6.07, 6.45) is 4.87. The first-order chi connectivity index (χ1) is 9.59. The van der Waals surface area contributed by atoms with Crippen LogP contribution in [0.4, 0.5) is 0 Å². The normalized spacial score (nSPS) is 16.4. The van der Waals surface area contributed by atoms with Gasteiger partial charge in [-0.1, -0.05) is 31.9 Å². The highest BCUT2D eigenvalue weighted by Gasteiger charge is 2.34. The fourth-order valence-electron chi connectivity index (χ4n) is 2.52. The van der Waals surface area contributed by atoms with Crippen molar-refractivity contribution in [3.63, 3.8) is 0 Å². The van der Waals surface area contributed by atoms with Gasteiger partial charge in [-0.25, -0.2) is 8.42 Å². The maximum absolute atomic E-state index is 12.6. The lowest BCUT2D eigenvalue weighted by atomic mass is 9.93. The number of aliphatic hydroxyl groups excluding tert-OH is 1. The van der Waals surface area contributed by atoms with Crippen LogP contribution in [0.3, 0.4) is 0 Å². The molecule has 112 valence electrons. The molecular weight excluding hydrogens is 274 g/mol. The zero-order chi connectivity index (χ0) is 14.6. The zero-order valence-electron chi connectivity index (χ0n) is 12.0. The third-order valence-corrected chi connectivity index (χ3v) is 5.84. The average Bonchev–Trinajstić information content (AvgIpc) is 2.37. The molecule has 0 spiro atoms. The van der Waals surface area contributed by atoms with Crippen molar-refractivity contribution in [2.45, 2.75) is 50.0 Å². The molecule has 0 aromatic heterocycles. The Balaban J connectivity index is 2.22. The van der Waals surface area contributed by atoms with Crippen LogP contribution in [0.5, 0.6) is 0 Å². The van der Waals surface area contributed by atoms with E-state index in [4.69, 9.17) is 5.11 Å². The summed E-state index contributed by atoms with van der Waals surface area (Å²) in [5.74, 6) is 0. The van der Waals surface area contributed by atoms with Gasteiger partial charge in [0, 0.05) is 12.6 Å². The molecule has 2 rings (SSSR count). The van der Waals surface area contributed by atoms with E-state index in [1.54, 1.807) is 12.1 Å². The summed E-state index contributed by atoms with van der Waals surface area (Å²) in [4.78, 5) is 0.331. The summed E-state index contributed by atoms with van der Waals surface area (Å²) in [5, 5.41) is 9.12. The van der Waals surface area contributed by atoms with Crippen molar-refractivity contribution in [2.75, 3.05) is 13.2 Å². The highest BCUT2D eigenvalue weighted by molar-refractivity contribution is 7.89. The molecule has 5 heteroatoms. The summed E-state index contributed by atoms with van der Waals surface area (Å²) in [7, 11) is -3.48. The van der Waals surface area contributed by atoms with Crippen molar-refractivity contribution in [1.82, 2.24) is 4.31 Å². The molecule has 0 heterocycles. The van der Waals surface area contributed by atoms with Crippen LogP contribution in [-0.4, -0.2) is 37.0 Å². The van der Waals surface area contributed by atoms with Gasteiger partial charge in [-0.15, -0.1) is 0 Å². The van der Waals surface area contributed by atoms with Gasteiger partial charge in [-0.2, -0.15) is 4.31 Å². The molecule has 0 aliphatic heterocycles. The van der Waals surface area contributed by atoms with Crippen molar-refractivity contribution in [3.8, 4) is 0 Å². The summed E-state index contributed by atoms with van der Waals surface area (Å²) in [5.41, 5.74) is 1.16. The SMILES string of the molecule is CCCc1ccc(S(=O)(=O)N(CCO)C2CCC2)cc1. The zero-order valence-corrected chi connectivity index (χ0v) is 12.8. The minimum Gasteiger partial charge on any atom is -0.395 e. The van der Waals surface area contributed by atoms with E-state index >= 15 is 0 Å². The van der Waals surface area contributed by atoms with E-state index in [1.807, 2.05) is 12.1 Å². The van der Waals surface area contributed by atoms with E-state index in [0.717, 1.165) is 37.7 Å². The van der Waals surface area contributed by atoms with Crippen molar-refractivity contribution in [2.24, 2.45) is 0 Å². The Morgan fingerprint density at radius 3 is 2.35 bits per heavy atom. The maximum atomic E-state index is 12.6. The number of nitrogens with zero attached hydrogens (tertiary/aromatic N) is 1. The van der Waals surface area contributed by atoms with Crippen molar-refractivity contribution in [3.05, 3.63) is 29.8 Å². The van der Waals surface area contributed by atoms with Crippen LogP contribution in [0.2, 0.25) is 0 Å². The van der Waals surface area contributed by atoms with Gasteiger partial charge < -0.3 is 5.11 Å². The van der Waals surface area contributed by atoms with E-state index < -0.39 is 10.0 Å². The molecule has 0 unspecified atom stereocenters. The Kier molecular flexibility index (Phi) is 5.18. The van der Waals surface area contributed by atoms with Gasteiger partial charge in [0.2, 0.25) is 10.0 Å². The second-order valence-electron chi connectivity index (χ2n) is 5.32. The average molecular weight is 297 g/mol. The fraction of sp³-hybridized carbons (Fsp3) is 0.600. The topological polar surface area (TPSA) is 57.6 Å². The third kappa shape index (κ3) is 3.22. The Labute approximate surface area is 121 Å². The van der Waals surface area contributed by atoms with Gasteiger partial charge in [0.25, 0.3) is 0 Å². The van der Waals surface area contributed by atoms with E-state index in [2.05, 4.69) is 6.92 Å². The molecule has 1 saturated carbocycles. The quantitative estimate of drug-likeness (QED) is 0.839. The summed E-state index contributed by atoms with van der Waals surface area (Å²) >= 11 is 0. The predicted octanol–water partition coefficient (Wildman–Crippen LogP) is 2.17. The lowest BCUT2D eigenvalue weighted by Gasteiger charge is -2.36. The Bertz CT molecular complexity index is 521. The number of aryl methyl sites for hydroxylation is 1. The largest absolute Gasteiger partial charge is 0.395 e. The molecule has 4 nitrogen and oxygen atoms in total. The molecule has 1 fully saturated rings. The highest BCUT2D eigenvalue weighted by atomic mass is 32.2. The third-order valence-electron chi connectivity index (χ3n) is 3.87. The van der Waals surface area contributed by atoms with E-state index in [1.165, 1.54) is 4.31 Å². The Hall–Kier alpha value is -0.910. The molecule has 1 aromatic carbocycles. The van der Waals surface area contributed by atoms with Crippen LogP contribution in [0, 0.1) is 0 Å². The van der Waals surface area contributed by atoms with Crippen LogP contribution in [0.1, 0.15) is 38.2 Å². The van der Waals surface area contributed by atoms with Crippen molar-refractivity contribution in [1.29, 1.82) is 0 Å². The first kappa shape index (κ1) is 15.5. The van der Waals surface area contributed by atoms with Gasteiger partial charge in [0.15, 0.2) is 0 Å². The number of hydrogen-bond donors (Lipinski definition) is 1. The lowest BCUT2D eigenvalue weighted by molar-refractivity contribution is 0.178. The number of rotatable bonds is 7. The van der Waals surface area contributed by atoms with Crippen LogP contribution in [-0.2, 0) is 16.4 Å². The molecule has 20 heavy (non-hydrogen) atoms. The molecule has 1 aliphatic carbocycles. The van der Waals surface area contributed by atoms with Gasteiger partial charge in [0.05, 0.1) is 11.5 Å². The minimum absolute atomic E-state index is 0.0578. The molecule has 0 bridgehead atoms. The summed E-state index contributed by atoms with van der Waals surface area (Å²) in [6, 6.07) is 7.19. The van der Waals surface area contributed by atoms with E-state index in [0.29, 0.717) is 4.90 Å².